The molecule has 0 unspecified atom stereocenters. The molecule has 0 fully saturated rings. The molecule has 1 aromatic carbocycles. The fourth-order valence-electron chi connectivity index (χ4n) is 1.87. The number of para-hydroxylation sites is 1. The van der Waals surface area contributed by atoms with Crippen LogP contribution in [-0.2, 0) is 0 Å². The fourth-order valence-corrected chi connectivity index (χ4v) is 1.87. The molecule has 0 saturated heterocycles. The van der Waals surface area contributed by atoms with Crippen molar-refractivity contribution < 1.29 is 9.21 Å². The Labute approximate surface area is 112 Å². The zero-order valence-corrected chi connectivity index (χ0v) is 11.3. The number of carbonyl (C=O) groups is 1. The van der Waals surface area contributed by atoms with Crippen molar-refractivity contribution in [1.82, 2.24) is 5.32 Å². The Morgan fingerprint density at radius 3 is 2.72 bits per heavy atom. The lowest BCUT2D eigenvalue weighted by atomic mass is 10.1. The standard InChI is InChI=1S/C13H16N2O2.ClH/c1-8-4-3-5-10-9(2)12(17-11(8)10)13(16)15-7-6-14;/h3-5H,6-7,14H2,1-2H3,(H,15,16);1H. The van der Waals surface area contributed by atoms with Gasteiger partial charge in [0.2, 0.25) is 0 Å². The molecule has 3 N–H and O–H groups in total. The van der Waals surface area contributed by atoms with Gasteiger partial charge in [-0.1, -0.05) is 18.2 Å². The van der Waals surface area contributed by atoms with Gasteiger partial charge in [-0.2, -0.15) is 0 Å². The van der Waals surface area contributed by atoms with Crippen LogP contribution in [-0.4, -0.2) is 19.0 Å². The van der Waals surface area contributed by atoms with Crippen molar-refractivity contribution in [3.05, 3.63) is 35.1 Å². The molecule has 2 rings (SSSR count). The first-order valence-corrected chi connectivity index (χ1v) is 5.62. The van der Waals surface area contributed by atoms with Gasteiger partial charge in [0.1, 0.15) is 5.58 Å². The second kappa shape index (κ2) is 5.89. The van der Waals surface area contributed by atoms with Crippen LogP contribution in [0.4, 0.5) is 0 Å². The highest BCUT2D eigenvalue weighted by molar-refractivity contribution is 5.99. The highest BCUT2D eigenvalue weighted by Gasteiger charge is 2.17. The molecular formula is C13H17ClN2O2. The van der Waals surface area contributed by atoms with Crippen LogP contribution in [0.25, 0.3) is 11.0 Å². The molecule has 0 bridgehead atoms. The van der Waals surface area contributed by atoms with Crippen molar-refractivity contribution in [3.8, 4) is 0 Å². The minimum absolute atomic E-state index is 0. The normalized spacial score (nSPS) is 10.2. The van der Waals surface area contributed by atoms with Crippen molar-refractivity contribution >= 4 is 29.3 Å². The molecule has 0 aliphatic heterocycles. The number of hydrogen-bond acceptors (Lipinski definition) is 3. The minimum atomic E-state index is -0.205. The summed E-state index contributed by atoms with van der Waals surface area (Å²) < 4.78 is 5.64. The molecule has 0 atom stereocenters. The molecule has 2 aromatic rings. The van der Waals surface area contributed by atoms with Crippen molar-refractivity contribution in [2.75, 3.05) is 13.1 Å². The third-order valence-electron chi connectivity index (χ3n) is 2.80. The summed E-state index contributed by atoms with van der Waals surface area (Å²) in [7, 11) is 0. The first-order chi connectivity index (χ1) is 8.15. The van der Waals surface area contributed by atoms with E-state index >= 15 is 0 Å². The predicted molar refractivity (Wildman–Crippen MR) is 74.3 cm³/mol. The first-order valence-electron chi connectivity index (χ1n) is 5.62. The third-order valence-corrected chi connectivity index (χ3v) is 2.80. The van der Waals surface area contributed by atoms with E-state index in [0.29, 0.717) is 18.8 Å². The van der Waals surface area contributed by atoms with Gasteiger partial charge >= 0.3 is 0 Å². The number of halogens is 1. The summed E-state index contributed by atoms with van der Waals surface area (Å²) in [4.78, 5) is 11.8. The topological polar surface area (TPSA) is 68.3 Å². The zero-order chi connectivity index (χ0) is 12.4. The number of benzene rings is 1. The molecular weight excluding hydrogens is 252 g/mol. The number of rotatable bonds is 3. The number of hydrogen-bond donors (Lipinski definition) is 2. The minimum Gasteiger partial charge on any atom is -0.450 e. The average molecular weight is 269 g/mol. The molecule has 1 aromatic heterocycles. The number of aryl methyl sites for hydroxylation is 2. The summed E-state index contributed by atoms with van der Waals surface area (Å²) in [5.74, 6) is 0.173. The van der Waals surface area contributed by atoms with Crippen molar-refractivity contribution in [3.63, 3.8) is 0 Å². The Morgan fingerprint density at radius 2 is 2.11 bits per heavy atom. The Morgan fingerprint density at radius 1 is 1.39 bits per heavy atom. The van der Waals surface area contributed by atoms with Gasteiger partial charge in [0.25, 0.3) is 5.91 Å². The van der Waals surface area contributed by atoms with Crippen LogP contribution in [0.1, 0.15) is 21.7 Å². The van der Waals surface area contributed by atoms with Gasteiger partial charge in [-0.3, -0.25) is 4.79 Å². The maximum atomic E-state index is 11.8. The second-order valence-corrected chi connectivity index (χ2v) is 4.05. The van der Waals surface area contributed by atoms with E-state index in [-0.39, 0.29) is 18.3 Å². The van der Waals surface area contributed by atoms with Crippen LogP contribution in [0.2, 0.25) is 0 Å². The summed E-state index contributed by atoms with van der Waals surface area (Å²) in [5, 5.41) is 3.70. The maximum Gasteiger partial charge on any atom is 0.287 e. The Hall–Kier alpha value is -1.52. The highest BCUT2D eigenvalue weighted by Crippen LogP contribution is 2.27. The number of amides is 1. The van der Waals surface area contributed by atoms with E-state index in [1.165, 1.54) is 0 Å². The van der Waals surface area contributed by atoms with Crippen LogP contribution in [0.3, 0.4) is 0 Å². The van der Waals surface area contributed by atoms with Crippen LogP contribution >= 0.6 is 12.4 Å². The summed E-state index contributed by atoms with van der Waals surface area (Å²) >= 11 is 0. The fraction of sp³-hybridized carbons (Fsp3) is 0.308. The van der Waals surface area contributed by atoms with E-state index in [1.807, 2.05) is 32.0 Å². The summed E-state index contributed by atoms with van der Waals surface area (Å²) in [6.45, 7) is 4.73. The van der Waals surface area contributed by atoms with E-state index < -0.39 is 0 Å². The van der Waals surface area contributed by atoms with Gasteiger partial charge in [-0.25, -0.2) is 0 Å². The first kappa shape index (κ1) is 14.5. The van der Waals surface area contributed by atoms with Gasteiger partial charge in [0.05, 0.1) is 0 Å². The van der Waals surface area contributed by atoms with Gasteiger partial charge in [0.15, 0.2) is 5.76 Å². The maximum absolute atomic E-state index is 11.8. The number of fused-ring (bicyclic) bond motifs is 1. The quantitative estimate of drug-likeness (QED) is 0.896. The number of nitrogens with two attached hydrogens (primary N) is 1. The Balaban J connectivity index is 0.00000162. The van der Waals surface area contributed by atoms with E-state index in [4.69, 9.17) is 10.2 Å². The molecule has 5 heteroatoms. The number of furan rings is 1. The molecule has 1 heterocycles. The van der Waals surface area contributed by atoms with Crippen molar-refractivity contribution in [2.45, 2.75) is 13.8 Å². The number of carbonyl (C=O) groups excluding carboxylic acids is 1. The molecule has 0 aliphatic carbocycles. The molecule has 1 amide bonds. The second-order valence-electron chi connectivity index (χ2n) is 4.05. The van der Waals surface area contributed by atoms with Crippen LogP contribution in [0.5, 0.6) is 0 Å². The number of nitrogens with one attached hydrogen (secondary N) is 1. The highest BCUT2D eigenvalue weighted by atomic mass is 35.5. The smallest absolute Gasteiger partial charge is 0.287 e. The zero-order valence-electron chi connectivity index (χ0n) is 10.4. The molecule has 0 saturated carbocycles. The van der Waals surface area contributed by atoms with E-state index in [1.54, 1.807) is 0 Å². The monoisotopic (exact) mass is 268 g/mol. The van der Waals surface area contributed by atoms with Crippen LogP contribution < -0.4 is 11.1 Å². The third kappa shape index (κ3) is 2.49. The average Bonchev–Trinajstić information content (AvgIpc) is 2.66. The predicted octanol–water partition coefficient (Wildman–Crippen LogP) is 2.16. The van der Waals surface area contributed by atoms with Gasteiger partial charge < -0.3 is 15.5 Å². The largest absolute Gasteiger partial charge is 0.450 e. The van der Waals surface area contributed by atoms with Gasteiger partial charge in [-0.15, -0.1) is 12.4 Å². The SMILES string of the molecule is Cc1c(C(=O)NCCN)oc2c(C)cccc12.Cl. The van der Waals surface area contributed by atoms with Gasteiger partial charge in [0, 0.05) is 24.0 Å². The summed E-state index contributed by atoms with van der Waals surface area (Å²) in [6.07, 6.45) is 0. The molecule has 0 radical (unpaired) electrons. The molecule has 0 spiro atoms. The van der Waals surface area contributed by atoms with Crippen LogP contribution in [0, 0.1) is 13.8 Å². The summed E-state index contributed by atoms with van der Waals surface area (Å²) in [5.41, 5.74) is 8.03. The van der Waals surface area contributed by atoms with Crippen molar-refractivity contribution in [2.24, 2.45) is 5.73 Å². The lowest BCUT2D eigenvalue weighted by Crippen LogP contribution is -2.29. The van der Waals surface area contributed by atoms with Gasteiger partial charge in [-0.05, 0) is 19.4 Å². The van der Waals surface area contributed by atoms with E-state index in [9.17, 15) is 4.79 Å². The molecule has 18 heavy (non-hydrogen) atoms. The molecule has 98 valence electrons. The summed E-state index contributed by atoms with van der Waals surface area (Å²) in [6, 6.07) is 5.88. The Bertz CT molecular complexity index is 563. The molecule has 0 aliphatic rings. The molecule has 4 nitrogen and oxygen atoms in total. The van der Waals surface area contributed by atoms with E-state index in [2.05, 4.69) is 5.32 Å². The lowest BCUT2D eigenvalue weighted by Gasteiger charge is -2.00. The van der Waals surface area contributed by atoms with E-state index in [0.717, 1.165) is 22.1 Å². The van der Waals surface area contributed by atoms with Crippen molar-refractivity contribution in [1.29, 1.82) is 0 Å². The lowest BCUT2D eigenvalue weighted by molar-refractivity contribution is 0.0928. The van der Waals surface area contributed by atoms with Crippen LogP contribution in [0.15, 0.2) is 22.6 Å². The Kier molecular flexibility index (Phi) is 4.76.